The lowest BCUT2D eigenvalue weighted by molar-refractivity contribution is 0.102. The van der Waals surface area contributed by atoms with Gasteiger partial charge in [-0.1, -0.05) is 17.7 Å². The number of anilines is 1. The fourth-order valence-electron chi connectivity index (χ4n) is 1.45. The number of hydrogen-bond acceptors (Lipinski definition) is 4. The van der Waals surface area contributed by atoms with Crippen molar-refractivity contribution < 1.29 is 4.79 Å². The van der Waals surface area contributed by atoms with Crippen LogP contribution in [-0.4, -0.2) is 16.1 Å². The molecule has 0 fully saturated rings. The summed E-state index contributed by atoms with van der Waals surface area (Å²) >= 11 is 5.60. The molecule has 1 heterocycles. The van der Waals surface area contributed by atoms with Crippen LogP contribution in [0.1, 0.15) is 21.6 Å². The van der Waals surface area contributed by atoms with Crippen LogP contribution in [0.15, 0.2) is 30.3 Å². The first kappa shape index (κ1) is 13.0. The van der Waals surface area contributed by atoms with Crippen molar-refractivity contribution >= 4 is 23.2 Å². The van der Waals surface area contributed by atoms with Crippen molar-refractivity contribution in [3.8, 4) is 6.07 Å². The number of carbonyl (C=O) groups is 1. The Kier molecular flexibility index (Phi) is 3.74. The molecule has 5 nitrogen and oxygen atoms in total. The lowest BCUT2D eigenvalue weighted by Gasteiger charge is -2.07. The Labute approximate surface area is 114 Å². The molecule has 0 radical (unpaired) electrons. The van der Waals surface area contributed by atoms with E-state index in [4.69, 9.17) is 16.9 Å². The fraction of sp³-hybridized carbons (Fsp3) is 0.0769. The number of rotatable bonds is 2. The molecule has 0 saturated heterocycles. The lowest BCUT2D eigenvalue weighted by atomic mass is 10.1. The summed E-state index contributed by atoms with van der Waals surface area (Å²) in [6, 6.07) is 10.0. The van der Waals surface area contributed by atoms with Gasteiger partial charge in [-0.15, -0.1) is 10.2 Å². The minimum atomic E-state index is -0.401. The van der Waals surface area contributed by atoms with Crippen molar-refractivity contribution in [1.82, 2.24) is 10.2 Å². The van der Waals surface area contributed by atoms with E-state index in [0.29, 0.717) is 11.3 Å². The van der Waals surface area contributed by atoms with Crippen molar-refractivity contribution in [2.24, 2.45) is 0 Å². The molecule has 0 aliphatic rings. The van der Waals surface area contributed by atoms with E-state index in [9.17, 15) is 4.79 Å². The van der Waals surface area contributed by atoms with Gasteiger partial charge in [0, 0.05) is 5.69 Å². The van der Waals surface area contributed by atoms with Gasteiger partial charge in [0.05, 0.1) is 11.6 Å². The first-order valence-electron chi connectivity index (χ1n) is 5.41. The molecule has 0 atom stereocenters. The predicted molar refractivity (Wildman–Crippen MR) is 70.9 cm³/mol. The number of hydrogen-bond donors (Lipinski definition) is 1. The highest BCUT2D eigenvalue weighted by Gasteiger charge is 2.10. The lowest BCUT2D eigenvalue weighted by Crippen LogP contribution is -2.15. The summed E-state index contributed by atoms with van der Waals surface area (Å²) in [6.45, 7) is 1.84. The number of aryl methyl sites for hydroxylation is 1. The molecule has 6 heteroatoms. The maximum Gasteiger partial charge on any atom is 0.276 e. The van der Waals surface area contributed by atoms with Gasteiger partial charge < -0.3 is 5.32 Å². The van der Waals surface area contributed by atoms with Crippen LogP contribution in [-0.2, 0) is 0 Å². The summed E-state index contributed by atoms with van der Waals surface area (Å²) in [5, 5.41) is 19.0. The highest BCUT2D eigenvalue weighted by molar-refractivity contribution is 6.29. The van der Waals surface area contributed by atoms with E-state index in [1.54, 1.807) is 18.2 Å². The normalized spacial score (nSPS) is 9.74. The molecule has 2 rings (SSSR count). The third kappa shape index (κ3) is 3.06. The largest absolute Gasteiger partial charge is 0.320 e. The molecule has 0 unspecified atom stereocenters. The third-order valence-electron chi connectivity index (χ3n) is 2.48. The maximum absolute atomic E-state index is 11.9. The van der Waals surface area contributed by atoms with Gasteiger partial charge in [0.2, 0.25) is 0 Å². The fourth-order valence-corrected chi connectivity index (χ4v) is 1.55. The predicted octanol–water partition coefficient (Wildman–Crippen LogP) is 2.56. The molecule has 0 aliphatic heterocycles. The Morgan fingerprint density at radius 2 is 2.11 bits per heavy atom. The summed E-state index contributed by atoms with van der Waals surface area (Å²) in [5.41, 5.74) is 2.06. The summed E-state index contributed by atoms with van der Waals surface area (Å²) in [6.07, 6.45) is 0. The molecular formula is C13H9ClN4O. The van der Waals surface area contributed by atoms with E-state index < -0.39 is 5.91 Å². The Morgan fingerprint density at radius 1 is 1.32 bits per heavy atom. The zero-order valence-corrected chi connectivity index (χ0v) is 10.8. The van der Waals surface area contributed by atoms with Crippen molar-refractivity contribution in [2.45, 2.75) is 6.92 Å². The molecule has 0 spiro atoms. The quantitative estimate of drug-likeness (QED) is 0.911. The van der Waals surface area contributed by atoms with E-state index >= 15 is 0 Å². The van der Waals surface area contributed by atoms with Crippen LogP contribution in [0.2, 0.25) is 5.15 Å². The average Bonchev–Trinajstić information content (AvgIpc) is 2.42. The van der Waals surface area contributed by atoms with Crippen molar-refractivity contribution in [3.63, 3.8) is 0 Å². The van der Waals surface area contributed by atoms with E-state index in [-0.39, 0.29) is 10.8 Å². The SMILES string of the molecule is Cc1ccc(C#N)cc1NC(=O)c1ccc(Cl)nn1. The molecule has 0 bridgehead atoms. The summed E-state index contributed by atoms with van der Waals surface area (Å²) in [7, 11) is 0. The van der Waals surface area contributed by atoms with Gasteiger partial charge in [-0.25, -0.2) is 0 Å². The van der Waals surface area contributed by atoms with Crippen LogP contribution in [0.5, 0.6) is 0 Å². The smallest absolute Gasteiger partial charge is 0.276 e. The second-order valence-corrected chi connectivity index (χ2v) is 4.22. The zero-order chi connectivity index (χ0) is 13.8. The molecular weight excluding hydrogens is 264 g/mol. The van der Waals surface area contributed by atoms with E-state index in [2.05, 4.69) is 15.5 Å². The Bertz CT molecular complexity index is 661. The van der Waals surface area contributed by atoms with Gasteiger partial charge in [-0.2, -0.15) is 5.26 Å². The molecule has 1 N–H and O–H groups in total. The highest BCUT2D eigenvalue weighted by atomic mass is 35.5. The zero-order valence-electron chi connectivity index (χ0n) is 10.0. The molecule has 19 heavy (non-hydrogen) atoms. The summed E-state index contributed by atoms with van der Waals surface area (Å²) < 4.78 is 0. The average molecular weight is 273 g/mol. The first-order valence-corrected chi connectivity index (χ1v) is 5.79. The summed E-state index contributed by atoms with van der Waals surface area (Å²) in [4.78, 5) is 11.9. The Balaban J connectivity index is 2.24. The monoisotopic (exact) mass is 272 g/mol. The van der Waals surface area contributed by atoms with Crippen molar-refractivity contribution in [3.05, 3.63) is 52.3 Å². The van der Waals surface area contributed by atoms with Crippen LogP contribution < -0.4 is 5.32 Å². The van der Waals surface area contributed by atoms with Gasteiger partial charge in [0.25, 0.3) is 5.91 Å². The second-order valence-electron chi connectivity index (χ2n) is 3.84. The maximum atomic E-state index is 11.9. The molecule has 1 aromatic carbocycles. The van der Waals surface area contributed by atoms with Crippen LogP contribution in [0.4, 0.5) is 5.69 Å². The van der Waals surface area contributed by atoms with Crippen LogP contribution in [0.25, 0.3) is 0 Å². The Morgan fingerprint density at radius 3 is 2.74 bits per heavy atom. The van der Waals surface area contributed by atoms with Crippen LogP contribution in [0, 0.1) is 18.3 Å². The molecule has 0 aliphatic carbocycles. The third-order valence-corrected chi connectivity index (χ3v) is 2.68. The number of halogens is 1. The van der Waals surface area contributed by atoms with Gasteiger partial charge in [0.15, 0.2) is 10.8 Å². The molecule has 1 aromatic heterocycles. The number of benzene rings is 1. The standard InChI is InChI=1S/C13H9ClN4O/c1-8-2-3-9(7-15)6-11(8)16-13(19)10-4-5-12(14)18-17-10/h2-6H,1H3,(H,16,19). The molecule has 0 saturated carbocycles. The first-order chi connectivity index (χ1) is 9.10. The number of aromatic nitrogens is 2. The van der Waals surface area contributed by atoms with E-state index in [1.807, 2.05) is 13.0 Å². The van der Waals surface area contributed by atoms with Crippen molar-refractivity contribution in [1.29, 1.82) is 5.26 Å². The van der Waals surface area contributed by atoms with Gasteiger partial charge in [0.1, 0.15) is 0 Å². The second kappa shape index (κ2) is 5.46. The highest BCUT2D eigenvalue weighted by Crippen LogP contribution is 2.17. The molecule has 1 amide bonds. The van der Waals surface area contributed by atoms with E-state index in [1.165, 1.54) is 12.1 Å². The Hall–Kier alpha value is -2.45. The topological polar surface area (TPSA) is 78.7 Å². The minimum Gasteiger partial charge on any atom is -0.320 e. The number of nitriles is 1. The number of nitrogens with one attached hydrogen (secondary N) is 1. The van der Waals surface area contributed by atoms with Gasteiger partial charge in [-0.3, -0.25) is 4.79 Å². The van der Waals surface area contributed by atoms with Crippen LogP contribution in [0.3, 0.4) is 0 Å². The van der Waals surface area contributed by atoms with Gasteiger partial charge >= 0.3 is 0 Å². The van der Waals surface area contributed by atoms with Gasteiger partial charge in [-0.05, 0) is 36.8 Å². The molecule has 2 aromatic rings. The number of carbonyl (C=O) groups excluding carboxylic acids is 1. The van der Waals surface area contributed by atoms with Crippen LogP contribution >= 0.6 is 11.6 Å². The van der Waals surface area contributed by atoms with E-state index in [0.717, 1.165) is 5.56 Å². The van der Waals surface area contributed by atoms with Crippen molar-refractivity contribution in [2.75, 3.05) is 5.32 Å². The number of nitrogens with zero attached hydrogens (tertiary/aromatic N) is 3. The summed E-state index contributed by atoms with van der Waals surface area (Å²) in [5.74, 6) is -0.401. The minimum absolute atomic E-state index is 0.158. The molecule has 94 valence electrons. The number of amides is 1.